The maximum absolute atomic E-state index is 12.1. The molecule has 2 aliphatic heterocycles. The second-order valence-electron chi connectivity index (χ2n) is 6.62. The molecule has 2 N–H and O–H groups in total. The first-order valence-corrected chi connectivity index (χ1v) is 8.44. The number of rotatable bonds is 5. The van der Waals surface area contributed by atoms with Crippen LogP contribution >= 0.6 is 24.8 Å². The van der Waals surface area contributed by atoms with Gasteiger partial charge in [0.15, 0.2) is 0 Å². The van der Waals surface area contributed by atoms with Crippen LogP contribution in [0, 0.1) is 5.92 Å². The van der Waals surface area contributed by atoms with Gasteiger partial charge >= 0.3 is 0 Å². The molecule has 2 aliphatic rings. The lowest BCUT2D eigenvalue weighted by molar-refractivity contribution is -0.122. The van der Waals surface area contributed by atoms with Crippen molar-refractivity contribution >= 4 is 36.4 Å². The highest BCUT2D eigenvalue weighted by Gasteiger charge is 2.23. The van der Waals surface area contributed by atoms with E-state index in [2.05, 4.69) is 20.6 Å². The summed E-state index contributed by atoms with van der Waals surface area (Å²) < 4.78 is 1.83. The van der Waals surface area contributed by atoms with Crippen molar-refractivity contribution in [3.05, 3.63) is 12.4 Å². The molecule has 0 bridgehead atoms. The lowest BCUT2D eigenvalue weighted by atomic mass is 10.0. The van der Waals surface area contributed by atoms with Gasteiger partial charge in [0.25, 0.3) is 0 Å². The van der Waals surface area contributed by atoms with Crippen molar-refractivity contribution in [3.63, 3.8) is 0 Å². The van der Waals surface area contributed by atoms with E-state index in [-0.39, 0.29) is 36.8 Å². The zero-order valence-corrected chi connectivity index (χ0v) is 15.9. The zero-order chi connectivity index (χ0) is 15.4. The fraction of sp³-hybridized carbons (Fsp3) is 0.750. The highest BCUT2D eigenvalue weighted by molar-refractivity contribution is 5.85. The number of carbonyl (C=O) groups excluding carboxylic acids is 1. The third-order valence-corrected chi connectivity index (χ3v) is 4.78. The Labute approximate surface area is 156 Å². The van der Waals surface area contributed by atoms with E-state index >= 15 is 0 Å². The Morgan fingerprint density at radius 1 is 1.42 bits per heavy atom. The van der Waals surface area contributed by atoms with Crippen LogP contribution in [0.2, 0.25) is 0 Å². The second kappa shape index (κ2) is 10.1. The molecule has 0 radical (unpaired) electrons. The summed E-state index contributed by atoms with van der Waals surface area (Å²) in [6.45, 7) is 4.12. The first-order chi connectivity index (χ1) is 10.7. The minimum absolute atomic E-state index is 0. The van der Waals surface area contributed by atoms with E-state index in [0.29, 0.717) is 12.3 Å². The van der Waals surface area contributed by atoms with Gasteiger partial charge < -0.3 is 15.5 Å². The van der Waals surface area contributed by atoms with Crippen molar-refractivity contribution in [2.24, 2.45) is 13.0 Å². The lowest BCUT2D eigenvalue weighted by Crippen LogP contribution is -2.47. The van der Waals surface area contributed by atoms with Crippen molar-refractivity contribution in [2.45, 2.75) is 38.1 Å². The largest absolute Gasteiger partial charge is 0.367 e. The zero-order valence-electron chi connectivity index (χ0n) is 14.2. The van der Waals surface area contributed by atoms with Crippen molar-refractivity contribution < 1.29 is 4.79 Å². The lowest BCUT2D eigenvalue weighted by Gasteiger charge is -2.33. The van der Waals surface area contributed by atoms with Gasteiger partial charge in [-0.1, -0.05) is 0 Å². The van der Waals surface area contributed by atoms with E-state index in [1.165, 1.54) is 6.42 Å². The van der Waals surface area contributed by atoms with Crippen molar-refractivity contribution in [3.8, 4) is 0 Å². The molecule has 0 aliphatic carbocycles. The van der Waals surface area contributed by atoms with Gasteiger partial charge in [-0.15, -0.1) is 24.8 Å². The highest BCUT2D eigenvalue weighted by Crippen LogP contribution is 2.19. The van der Waals surface area contributed by atoms with Crippen LogP contribution in [0.25, 0.3) is 0 Å². The maximum atomic E-state index is 12.1. The molecule has 1 aromatic heterocycles. The number of aryl methyl sites for hydroxylation is 1. The topological polar surface area (TPSA) is 62.2 Å². The van der Waals surface area contributed by atoms with Crippen LogP contribution in [-0.4, -0.2) is 47.9 Å². The molecule has 0 saturated carbocycles. The van der Waals surface area contributed by atoms with E-state index < -0.39 is 0 Å². The number of carbonyl (C=O) groups is 1. The molecule has 1 amide bonds. The first kappa shape index (κ1) is 21.1. The number of hydrogen-bond acceptors (Lipinski definition) is 4. The van der Waals surface area contributed by atoms with Gasteiger partial charge in [-0.05, 0) is 44.7 Å². The smallest absolute Gasteiger partial charge is 0.220 e. The quantitative estimate of drug-likeness (QED) is 0.820. The summed E-state index contributed by atoms with van der Waals surface area (Å²) in [5.74, 6) is 0.897. The Morgan fingerprint density at radius 2 is 2.25 bits per heavy atom. The van der Waals surface area contributed by atoms with E-state index in [4.69, 9.17) is 0 Å². The molecule has 1 aromatic rings. The van der Waals surface area contributed by atoms with Crippen LogP contribution in [0.5, 0.6) is 0 Å². The Balaban J connectivity index is 0.00000144. The summed E-state index contributed by atoms with van der Waals surface area (Å²) in [5, 5.41) is 10.8. The number of piperidine rings is 1. The van der Waals surface area contributed by atoms with E-state index in [1.54, 1.807) is 0 Å². The SMILES string of the molecule is Cl.Cl.Cn1cc(N2CCCC(NC(=O)CCC3CCNC3)C2)cn1. The van der Waals surface area contributed by atoms with Crippen LogP contribution in [0.3, 0.4) is 0 Å². The number of nitrogens with zero attached hydrogens (tertiary/aromatic N) is 3. The summed E-state index contributed by atoms with van der Waals surface area (Å²) in [6.07, 6.45) is 9.02. The molecule has 2 unspecified atom stereocenters. The van der Waals surface area contributed by atoms with Gasteiger partial charge in [-0.3, -0.25) is 9.48 Å². The van der Waals surface area contributed by atoms with Gasteiger partial charge in [0.2, 0.25) is 5.91 Å². The molecule has 0 spiro atoms. The molecular weight excluding hydrogens is 349 g/mol. The number of aromatic nitrogens is 2. The third kappa shape index (κ3) is 5.83. The molecule has 6 nitrogen and oxygen atoms in total. The van der Waals surface area contributed by atoms with Crippen LogP contribution < -0.4 is 15.5 Å². The number of halogens is 2. The van der Waals surface area contributed by atoms with Gasteiger partial charge in [-0.2, -0.15) is 5.10 Å². The molecule has 2 saturated heterocycles. The Kier molecular flexibility index (Phi) is 8.87. The standard InChI is InChI=1S/C16H27N5O.2ClH/c1-20-12-15(10-18-20)21-8-2-3-14(11-21)19-16(22)5-4-13-6-7-17-9-13;;/h10,12-14,17H,2-9,11H2,1H3,(H,19,22);2*1H. The molecule has 24 heavy (non-hydrogen) atoms. The summed E-state index contributed by atoms with van der Waals surface area (Å²) in [7, 11) is 1.94. The van der Waals surface area contributed by atoms with Crippen molar-refractivity contribution in [2.75, 3.05) is 31.1 Å². The van der Waals surface area contributed by atoms with E-state index in [0.717, 1.165) is 51.1 Å². The molecule has 3 rings (SSSR count). The van der Waals surface area contributed by atoms with Crippen LogP contribution in [0.15, 0.2) is 12.4 Å². The fourth-order valence-corrected chi connectivity index (χ4v) is 3.50. The average molecular weight is 378 g/mol. The predicted octanol–water partition coefficient (Wildman–Crippen LogP) is 1.74. The molecular formula is C16H29Cl2N5O. The van der Waals surface area contributed by atoms with Gasteiger partial charge in [0, 0.05) is 38.8 Å². The molecule has 0 aromatic carbocycles. The van der Waals surface area contributed by atoms with Crippen LogP contribution in [-0.2, 0) is 11.8 Å². The highest BCUT2D eigenvalue weighted by atomic mass is 35.5. The van der Waals surface area contributed by atoms with Gasteiger partial charge in [0.05, 0.1) is 11.9 Å². The number of hydrogen-bond donors (Lipinski definition) is 2. The van der Waals surface area contributed by atoms with Gasteiger partial charge in [0.1, 0.15) is 0 Å². The number of anilines is 1. The van der Waals surface area contributed by atoms with Crippen LogP contribution in [0.4, 0.5) is 5.69 Å². The van der Waals surface area contributed by atoms with Gasteiger partial charge in [-0.25, -0.2) is 0 Å². The average Bonchev–Trinajstić information content (AvgIpc) is 3.17. The first-order valence-electron chi connectivity index (χ1n) is 8.44. The third-order valence-electron chi connectivity index (χ3n) is 4.78. The minimum Gasteiger partial charge on any atom is -0.367 e. The van der Waals surface area contributed by atoms with E-state index in [9.17, 15) is 4.79 Å². The molecule has 138 valence electrons. The second-order valence-corrected chi connectivity index (χ2v) is 6.62. The summed E-state index contributed by atoms with van der Waals surface area (Å²) in [6, 6.07) is 0.267. The summed E-state index contributed by atoms with van der Waals surface area (Å²) in [5.41, 5.74) is 1.15. The Hall–Kier alpha value is -0.980. The molecule has 8 heteroatoms. The monoisotopic (exact) mass is 377 g/mol. The maximum Gasteiger partial charge on any atom is 0.220 e. The molecule has 2 fully saturated rings. The number of nitrogens with one attached hydrogen (secondary N) is 2. The molecule has 2 atom stereocenters. The Bertz CT molecular complexity index is 504. The number of amides is 1. The van der Waals surface area contributed by atoms with Crippen molar-refractivity contribution in [1.82, 2.24) is 20.4 Å². The molecule has 3 heterocycles. The summed E-state index contributed by atoms with van der Waals surface area (Å²) in [4.78, 5) is 14.5. The summed E-state index contributed by atoms with van der Waals surface area (Å²) >= 11 is 0. The fourth-order valence-electron chi connectivity index (χ4n) is 3.50. The minimum atomic E-state index is 0. The Morgan fingerprint density at radius 3 is 2.92 bits per heavy atom. The van der Waals surface area contributed by atoms with Crippen molar-refractivity contribution in [1.29, 1.82) is 0 Å². The van der Waals surface area contributed by atoms with Crippen LogP contribution in [0.1, 0.15) is 32.1 Å². The predicted molar refractivity (Wildman–Crippen MR) is 101 cm³/mol. The normalized spacial score (nSPS) is 23.3. The van der Waals surface area contributed by atoms with E-state index in [1.807, 2.05) is 24.1 Å².